The molecule has 19 heavy (non-hydrogen) atoms. The zero-order valence-electron chi connectivity index (χ0n) is 10.4. The summed E-state index contributed by atoms with van der Waals surface area (Å²) in [7, 11) is -2.30. The Bertz CT molecular complexity index is 710. The molecule has 0 amide bonds. The zero-order chi connectivity index (χ0) is 14.2. The van der Waals surface area contributed by atoms with Crippen LogP contribution in [0.15, 0.2) is 28.5 Å². The van der Waals surface area contributed by atoms with Gasteiger partial charge in [0.05, 0.1) is 11.4 Å². The summed E-state index contributed by atoms with van der Waals surface area (Å²) in [6, 6.07) is 6.01. The van der Waals surface area contributed by atoms with Crippen LogP contribution in [-0.4, -0.2) is 25.6 Å². The van der Waals surface area contributed by atoms with Crippen LogP contribution < -0.4 is 10.0 Å². The van der Waals surface area contributed by atoms with Crippen LogP contribution in [0.2, 0.25) is 0 Å². The summed E-state index contributed by atoms with van der Waals surface area (Å²) in [6.07, 6.45) is 0. The topological polar surface area (TPSA) is 96.5 Å². The molecule has 102 valence electrons. The highest BCUT2D eigenvalue weighted by Crippen LogP contribution is 2.30. The molecule has 3 N–H and O–H groups in total. The lowest BCUT2D eigenvalue weighted by Crippen LogP contribution is -2.26. The fraction of sp³-hybridized carbons (Fsp3) is 0.182. The summed E-state index contributed by atoms with van der Waals surface area (Å²) in [4.78, 5) is 3.91. The maximum Gasteiger partial charge on any atom is 0.275 e. The van der Waals surface area contributed by atoms with Gasteiger partial charge in [-0.3, -0.25) is 4.31 Å². The lowest BCUT2D eigenvalue weighted by atomic mass is 10.3. The Labute approximate surface area is 115 Å². The van der Waals surface area contributed by atoms with Gasteiger partial charge in [0.1, 0.15) is 5.75 Å². The van der Waals surface area contributed by atoms with Gasteiger partial charge in [-0.25, -0.2) is 13.4 Å². The molecule has 0 bridgehead atoms. The highest BCUT2D eigenvalue weighted by molar-refractivity contribution is 7.94. The van der Waals surface area contributed by atoms with E-state index < -0.39 is 10.0 Å². The minimum absolute atomic E-state index is 0.0000837. The number of aromatic nitrogens is 1. The standard InChI is InChI=1S/C11H13N3O3S2/c1-7-10(18-11(12)13-7)19(16,17)14(2)8-4-3-5-9(15)6-8/h3-6,15H,1-2H3,(H2,12,13). The van der Waals surface area contributed by atoms with Crippen LogP contribution in [0, 0.1) is 6.92 Å². The first-order valence-electron chi connectivity index (χ1n) is 5.33. The van der Waals surface area contributed by atoms with Gasteiger partial charge in [-0.15, -0.1) is 0 Å². The van der Waals surface area contributed by atoms with E-state index in [1.807, 2.05) is 0 Å². The maximum absolute atomic E-state index is 12.4. The number of phenolic OH excluding ortho intramolecular Hbond substituents is 1. The van der Waals surface area contributed by atoms with E-state index in [0.717, 1.165) is 15.6 Å². The van der Waals surface area contributed by atoms with Crippen molar-refractivity contribution in [2.24, 2.45) is 0 Å². The first-order valence-corrected chi connectivity index (χ1v) is 7.59. The van der Waals surface area contributed by atoms with Gasteiger partial charge in [0, 0.05) is 13.1 Å². The van der Waals surface area contributed by atoms with Crippen molar-refractivity contribution in [1.82, 2.24) is 4.98 Å². The third-order valence-electron chi connectivity index (χ3n) is 2.56. The first-order chi connectivity index (χ1) is 8.82. The Kier molecular flexibility index (Phi) is 3.38. The van der Waals surface area contributed by atoms with Crippen molar-refractivity contribution in [2.75, 3.05) is 17.1 Å². The molecule has 6 nitrogen and oxygen atoms in total. The Balaban J connectivity index is 2.48. The maximum atomic E-state index is 12.4. The predicted molar refractivity (Wildman–Crippen MR) is 75.0 cm³/mol. The third kappa shape index (κ3) is 2.49. The predicted octanol–water partition coefficient (Wildman–Crippen LogP) is 1.56. The summed E-state index contributed by atoms with van der Waals surface area (Å²) in [6.45, 7) is 1.59. The molecule has 1 aromatic heterocycles. The molecule has 0 atom stereocenters. The van der Waals surface area contributed by atoms with E-state index >= 15 is 0 Å². The average Bonchev–Trinajstić information content (AvgIpc) is 2.68. The molecule has 2 rings (SSSR count). The van der Waals surface area contributed by atoms with E-state index in [1.54, 1.807) is 19.1 Å². The molecule has 1 aromatic carbocycles. The minimum atomic E-state index is -3.72. The fourth-order valence-corrected chi connectivity index (χ4v) is 4.23. The first kappa shape index (κ1) is 13.6. The van der Waals surface area contributed by atoms with Crippen LogP contribution in [-0.2, 0) is 10.0 Å². The van der Waals surface area contributed by atoms with Gasteiger partial charge in [0.2, 0.25) is 0 Å². The number of rotatable bonds is 3. The van der Waals surface area contributed by atoms with Gasteiger partial charge in [-0.2, -0.15) is 0 Å². The molecule has 0 aliphatic heterocycles. The van der Waals surface area contributed by atoms with Crippen molar-refractivity contribution >= 4 is 32.2 Å². The number of aromatic hydroxyl groups is 1. The Morgan fingerprint density at radius 2 is 2.11 bits per heavy atom. The summed E-state index contributed by atoms with van der Waals surface area (Å²) in [5, 5.41) is 9.61. The van der Waals surface area contributed by atoms with Crippen LogP contribution >= 0.6 is 11.3 Å². The zero-order valence-corrected chi connectivity index (χ0v) is 12.0. The molecule has 0 aliphatic rings. The molecule has 0 fully saturated rings. The van der Waals surface area contributed by atoms with Crippen LogP contribution in [0.5, 0.6) is 5.75 Å². The SMILES string of the molecule is Cc1nc(N)sc1S(=O)(=O)N(C)c1cccc(O)c1. The van der Waals surface area contributed by atoms with E-state index in [0.29, 0.717) is 11.4 Å². The van der Waals surface area contributed by atoms with Crippen LogP contribution in [0.25, 0.3) is 0 Å². The molecular formula is C11H13N3O3S2. The number of nitrogens with zero attached hydrogens (tertiary/aromatic N) is 2. The molecule has 0 spiro atoms. The summed E-state index contributed by atoms with van der Waals surface area (Å²) in [5.41, 5.74) is 6.26. The largest absolute Gasteiger partial charge is 0.508 e. The van der Waals surface area contributed by atoms with Gasteiger partial charge in [0.15, 0.2) is 9.34 Å². The van der Waals surface area contributed by atoms with E-state index in [-0.39, 0.29) is 15.1 Å². The summed E-state index contributed by atoms with van der Waals surface area (Å²) < 4.78 is 26.1. The van der Waals surface area contributed by atoms with Gasteiger partial charge >= 0.3 is 0 Å². The third-order valence-corrected chi connectivity index (χ3v) is 5.92. The normalized spacial score (nSPS) is 11.5. The lowest BCUT2D eigenvalue weighted by Gasteiger charge is -2.18. The second-order valence-corrected chi connectivity index (χ2v) is 7.11. The molecule has 0 unspecified atom stereocenters. The Hall–Kier alpha value is -1.80. The highest BCUT2D eigenvalue weighted by atomic mass is 32.2. The lowest BCUT2D eigenvalue weighted by molar-refractivity contribution is 0.475. The monoisotopic (exact) mass is 299 g/mol. The van der Waals surface area contributed by atoms with Crippen molar-refractivity contribution in [2.45, 2.75) is 11.1 Å². The minimum Gasteiger partial charge on any atom is -0.508 e. The Morgan fingerprint density at radius 3 is 2.63 bits per heavy atom. The van der Waals surface area contributed by atoms with Crippen LogP contribution in [0.1, 0.15) is 5.69 Å². The number of benzene rings is 1. The molecule has 8 heteroatoms. The van der Waals surface area contributed by atoms with Gasteiger partial charge in [-0.1, -0.05) is 17.4 Å². The van der Waals surface area contributed by atoms with Crippen molar-refractivity contribution in [1.29, 1.82) is 0 Å². The number of nitrogen functional groups attached to an aromatic ring is 1. The summed E-state index contributed by atoms with van der Waals surface area (Å²) >= 11 is 0.923. The van der Waals surface area contributed by atoms with E-state index in [2.05, 4.69) is 4.98 Å². The number of anilines is 2. The van der Waals surface area contributed by atoms with E-state index in [1.165, 1.54) is 19.2 Å². The van der Waals surface area contributed by atoms with Crippen molar-refractivity contribution in [3.05, 3.63) is 30.0 Å². The second kappa shape index (κ2) is 4.71. The molecule has 2 aromatic rings. The van der Waals surface area contributed by atoms with Crippen LogP contribution in [0.4, 0.5) is 10.8 Å². The fourth-order valence-electron chi connectivity index (χ4n) is 1.59. The molecule has 0 aliphatic carbocycles. The molecule has 1 heterocycles. The van der Waals surface area contributed by atoms with Crippen LogP contribution in [0.3, 0.4) is 0 Å². The quantitative estimate of drug-likeness (QED) is 0.896. The average molecular weight is 299 g/mol. The highest BCUT2D eigenvalue weighted by Gasteiger charge is 2.26. The molecule has 0 saturated heterocycles. The Morgan fingerprint density at radius 1 is 1.42 bits per heavy atom. The van der Waals surface area contributed by atoms with Crippen molar-refractivity contribution in [3.63, 3.8) is 0 Å². The summed E-state index contributed by atoms with van der Waals surface area (Å²) in [5.74, 6) is 0.0000837. The van der Waals surface area contributed by atoms with Crippen molar-refractivity contribution < 1.29 is 13.5 Å². The van der Waals surface area contributed by atoms with Gasteiger partial charge in [0.25, 0.3) is 10.0 Å². The van der Waals surface area contributed by atoms with E-state index in [9.17, 15) is 13.5 Å². The number of sulfonamides is 1. The smallest absolute Gasteiger partial charge is 0.275 e. The van der Waals surface area contributed by atoms with Gasteiger partial charge in [-0.05, 0) is 19.1 Å². The number of nitrogens with two attached hydrogens (primary N) is 1. The molecule has 0 saturated carbocycles. The second-order valence-electron chi connectivity index (χ2n) is 3.92. The van der Waals surface area contributed by atoms with E-state index in [4.69, 9.17) is 5.73 Å². The van der Waals surface area contributed by atoms with Crippen molar-refractivity contribution in [3.8, 4) is 5.75 Å². The number of phenols is 1. The molecule has 0 radical (unpaired) electrons. The number of hydrogen-bond donors (Lipinski definition) is 2. The number of hydrogen-bond acceptors (Lipinski definition) is 6. The molecular weight excluding hydrogens is 286 g/mol. The van der Waals surface area contributed by atoms with Gasteiger partial charge < -0.3 is 10.8 Å². The number of thiazole rings is 1. The number of aryl methyl sites for hydroxylation is 1.